The second kappa shape index (κ2) is 7.65. The van der Waals surface area contributed by atoms with Gasteiger partial charge < -0.3 is 15.4 Å². The van der Waals surface area contributed by atoms with Gasteiger partial charge in [0, 0.05) is 17.6 Å². The molecule has 2 amide bonds. The quantitative estimate of drug-likeness (QED) is 0.884. The Bertz CT molecular complexity index is 714. The lowest BCUT2D eigenvalue weighted by atomic mass is 10.1. The summed E-state index contributed by atoms with van der Waals surface area (Å²) in [7, 11) is 3.04. The Morgan fingerprint density at radius 1 is 1.13 bits per heavy atom. The number of rotatable bonds is 5. The molecule has 0 heterocycles. The Labute approximate surface area is 139 Å². The van der Waals surface area contributed by atoms with E-state index in [4.69, 9.17) is 16.3 Å². The van der Waals surface area contributed by atoms with Crippen LogP contribution < -0.4 is 15.4 Å². The highest BCUT2D eigenvalue weighted by Crippen LogP contribution is 2.25. The number of anilines is 1. The predicted octanol–water partition coefficient (Wildman–Crippen LogP) is 2.89. The van der Waals surface area contributed by atoms with Crippen molar-refractivity contribution in [2.24, 2.45) is 0 Å². The third-order valence-corrected chi connectivity index (χ3v) is 3.49. The second-order valence-electron chi connectivity index (χ2n) is 4.85. The van der Waals surface area contributed by atoms with Crippen molar-refractivity contribution in [1.29, 1.82) is 0 Å². The summed E-state index contributed by atoms with van der Waals surface area (Å²) in [5, 5.41) is 5.94. The monoisotopic (exact) mass is 332 g/mol. The maximum atomic E-state index is 12.1. The van der Waals surface area contributed by atoms with Gasteiger partial charge in [0.05, 0.1) is 19.2 Å². The van der Waals surface area contributed by atoms with Gasteiger partial charge in [-0.1, -0.05) is 23.7 Å². The molecule has 2 N–H and O–H groups in total. The smallest absolute Gasteiger partial charge is 0.251 e. The van der Waals surface area contributed by atoms with E-state index in [0.717, 1.165) is 5.56 Å². The number of methoxy groups -OCH3 is 1. The molecule has 2 aromatic rings. The molecular weight excluding hydrogens is 316 g/mol. The van der Waals surface area contributed by atoms with Crippen LogP contribution in [0.1, 0.15) is 15.9 Å². The average Bonchev–Trinajstić information content (AvgIpc) is 2.56. The Hall–Kier alpha value is -2.53. The molecule has 0 aliphatic heterocycles. The summed E-state index contributed by atoms with van der Waals surface area (Å²) >= 11 is 5.82. The first-order valence-electron chi connectivity index (χ1n) is 6.98. The molecule has 0 spiro atoms. The molecule has 0 radical (unpaired) electrons. The summed E-state index contributed by atoms with van der Waals surface area (Å²) in [6, 6.07) is 11.9. The maximum Gasteiger partial charge on any atom is 0.251 e. The van der Waals surface area contributed by atoms with Gasteiger partial charge in [-0.25, -0.2) is 0 Å². The van der Waals surface area contributed by atoms with Crippen LogP contribution in [0.5, 0.6) is 5.75 Å². The number of benzene rings is 2. The summed E-state index contributed by atoms with van der Waals surface area (Å²) < 4.78 is 5.24. The molecule has 0 aromatic heterocycles. The zero-order valence-electron chi connectivity index (χ0n) is 12.9. The molecule has 0 atom stereocenters. The lowest BCUT2D eigenvalue weighted by Crippen LogP contribution is -2.18. The fourth-order valence-corrected chi connectivity index (χ4v) is 2.19. The molecule has 23 heavy (non-hydrogen) atoms. The van der Waals surface area contributed by atoms with Gasteiger partial charge in [-0.3, -0.25) is 9.59 Å². The van der Waals surface area contributed by atoms with E-state index in [-0.39, 0.29) is 18.2 Å². The fraction of sp³-hybridized carbons (Fsp3) is 0.176. The fourth-order valence-electron chi connectivity index (χ4n) is 2.06. The average molecular weight is 333 g/mol. The summed E-state index contributed by atoms with van der Waals surface area (Å²) in [6.45, 7) is 0. The number of hydrogen-bond acceptors (Lipinski definition) is 3. The SMILES string of the molecule is CNC(=O)c1ccc(NC(=O)Cc2ccc(Cl)cc2)c(OC)c1. The van der Waals surface area contributed by atoms with Gasteiger partial charge in [-0.15, -0.1) is 0 Å². The number of halogens is 1. The van der Waals surface area contributed by atoms with E-state index in [1.165, 1.54) is 7.11 Å². The highest BCUT2D eigenvalue weighted by atomic mass is 35.5. The molecule has 2 aromatic carbocycles. The van der Waals surface area contributed by atoms with Crippen LogP contribution in [-0.2, 0) is 11.2 Å². The molecule has 6 heteroatoms. The minimum atomic E-state index is -0.220. The van der Waals surface area contributed by atoms with Crippen LogP contribution in [0.15, 0.2) is 42.5 Å². The number of amides is 2. The van der Waals surface area contributed by atoms with Gasteiger partial charge in [0.25, 0.3) is 5.91 Å². The van der Waals surface area contributed by atoms with E-state index in [1.54, 1.807) is 49.5 Å². The van der Waals surface area contributed by atoms with Crippen LogP contribution in [-0.4, -0.2) is 26.0 Å². The molecular formula is C17H17ClN2O3. The molecule has 0 saturated heterocycles. The lowest BCUT2D eigenvalue weighted by molar-refractivity contribution is -0.115. The summed E-state index contributed by atoms with van der Waals surface area (Å²) in [4.78, 5) is 23.7. The molecule has 0 bridgehead atoms. The van der Waals surface area contributed by atoms with E-state index in [1.807, 2.05) is 0 Å². The van der Waals surface area contributed by atoms with Crippen LogP contribution in [0, 0.1) is 0 Å². The van der Waals surface area contributed by atoms with Gasteiger partial charge >= 0.3 is 0 Å². The number of ether oxygens (including phenoxy) is 1. The lowest BCUT2D eigenvalue weighted by Gasteiger charge is -2.11. The van der Waals surface area contributed by atoms with Crippen LogP contribution in [0.25, 0.3) is 0 Å². The zero-order chi connectivity index (χ0) is 16.8. The summed E-state index contributed by atoms with van der Waals surface area (Å²) in [5.74, 6) is 0.0243. The van der Waals surface area contributed by atoms with E-state index in [2.05, 4.69) is 10.6 Å². The van der Waals surface area contributed by atoms with Crippen molar-refractivity contribution >= 4 is 29.1 Å². The van der Waals surface area contributed by atoms with E-state index in [9.17, 15) is 9.59 Å². The van der Waals surface area contributed by atoms with E-state index >= 15 is 0 Å². The highest BCUT2D eigenvalue weighted by molar-refractivity contribution is 6.30. The minimum absolute atomic E-state index is 0.182. The molecule has 0 unspecified atom stereocenters. The maximum absolute atomic E-state index is 12.1. The van der Waals surface area contributed by atoms with Crippen molar-refractivity contribution in [1.82, 2.24) is 5.32 Å². The van der Waals surface area contributed by atoms with Crippen molar-refractivity contribution in [3.8, 4) is 5.75 Å². The van der Waals surface area contributed by atoms with Crippen molar-refractivity contribution in [3.63, 3.8) is 0 Å². The summed E-state index contributed by atoms with van der Waals surface area (Å²) in [5.41, 5.74) is 1.83. The highest BCUT2D eigenvalue weighted by Gasteiger charge is 2.12. The minimum Gasteiger partial charge on any atom is -0.495 e. The van der Waals surface area contributed by atoms with Crippen molar-refractivity contribution in [3.05, 3.63) is 58.6 Å². The molecule has 0 saturated carbocycles. The van der Waals surface area contributed by atoms with Gasteiger partial charge in [0.2, 0.25) is 5.91 Å². The molecule has 0 aliphatic rings. The predicted molar refractivity (Wildman–Crippen MR) is 90.2 cm³/mol. The van der Waals surface area contributed by atoms with Crippen LogP contribution >= 0.6 is 11.6 Å². The van der Waals surface area contributed by atoms with Gasteiger partial charge in [0.15, 0.2) is 0 Å². The van der Waals surface area contributed by atoms with E-state index < -0.39 is 0 Å². The van der Waals surface area contributed by atoms with Gasteiger partial charge in [-0.2, -0.15) is 0 Å². The normalized spacial score (nSPS) is 10.0. The topological polar surface area (TPSA) is 67.4 Å². The number of hydrogen-bond donors (Lipinski definition) is 2. The van der Waals surface area contributed by atoms with Gasteiger partial charge in [-0.05, 0) is 35.9 Å². The second-order valence-corrected chi connectivity index (χ2v) is 5.28. The molecule has 2 rings (SSSR count). The molecule has 120 valence electrons. The number of carbonyl (C=O) groups excluding carboxylic acids is 2. The Morgan fingerprint density at radius 3 is 2.43 bits per heavy atom. The zero-order valence-corrected chi connectivity index (χ0v) is 13.6. The first-order valence-corrected chi connectivity index (χ1v) is 7.35. The Morgan fingerprint density at radius 2 is 1.83 bits per heavy atom. The van der Waals surface area contributed by atoms with E-state index in [0.29, 0.717) is 22.0 Å². The Balaban J connectivity index is 2.10. The third-order valence-electron chi connectivity index (χ3n) is 3.24. The number of carbonyl (C=O) groups is 2. The third kappa shape index (κ3) is 4.47. The molecule has 0 aliphatic carbocycles. The first-order chi connectivity index (χ1) is 11.0. The van der Waals surface area contributed by atoms with Gasteiger partial charge in [0.1, 0.15) is 5.75 Å². The van der Waals surface area contributed by atoms with Crippen molar-refractivity contribution in [2.75, 3.05) is 19.5 Å². The van der Waals surface area contributed by atoms with Crippen molar-refractivity contribution in [2.45, 2.75) is 6.42 Å². The number of nitrogens with one attached hydrogen (secondary N) is 2. The van der Waals surface area contributed by atoms with Crippen LogP contribution in [0.2, 0.25) is 5.02 Å². The molecule has 5 nitrogen and oxygen atoms in total. The molecule has 0 fully saturated rings. The van der Waals surface area contributed by atoms with Crippen LogP contribution in [0.4, 0.5) is 5.69 Å². The largest absolute Gasteiger partial charge is 0.495 e. The van der Waals surface area contributed by atoms with Crippen molar-refractivity contribution < 1.29 is 14.3 Å². The standard InChI is InChI=1S/C17H17ClN2O3/c1-19-17(22)12-5-8-14(15(10-12)23-2)20-16(21)9-11-3-6-13(18)7-4-11/h3-8,10H,9H2,1-2H3,(H,19,22)(H,20,21). The Kier molecular flexibility index (Phi) is 5.60. The van der Waals surface area contributed by atoms with Crippen LogP contribution in [0.3, 0.4) is 0 Å². The first kappa shape index (κ1) is 16.8. The summed E-state index contributed by atoms with van der Waals surface area (Å²) in [6.07, 6.45) is 0.220.